The third kappa shape index (κ3) is 7.45. The van der Waals surface area contributed by atoms with Gasteiger partial charge in [-0.15, -0.1) is 0 Å². The summed E-state index contributed by atoms with van der Waals surface area (Å²) in [6, 6.07) is 12.4. The highest BCUT2D eigenvalue weighted by atomic mass is 16.5. The minimum Gasteiger partial charge on any atom is -0.481 e. The third-order valence-electron chi connectivity index (χ3n) is 8.62. The summed E-state index contributed by atoms with van der Waals surface area (Å²) in [5.74, 6) is -3.49. The van der Waals surface area contributed by atoms with Gasteiger partial charge in [-0.3, -0.25) is 19.2 Å². The summed E-state index contributed by atoms with van der Waals surface area (Å²) in [6.07, 6.45) is 6.35. The smallest absolute Gasteiger partial charge is 0.307 e. The van der Waals surface area contributed by atoms with Crippen LogP contribution in [0.2, 0.25) is 0 Å². The van der Waals surface area contributed by atoms with Gasteiger partial charge in [-0.2, -0.15) is 0 Å². The molecule has 0 bridgehead atoms. The van der Waals surface area contributed by atoms with Crippen LogP contribution in [0.1, 0.15) is 83.1 Å². The van der Waals surface area contributed by atoms with Crippen LogP contribution >= 0.6 is 0 Å². The molecule has 0 saturated heterocycles. The van der Waals surface area contributed by atoms with Crippen LogP contribution in [0.3, 0.4) is 0 Å². The monoisotopic (exact) mass is 564 g/mol. The summed E-state index contributed by atoms with van der Waals surface area (Å²) in [6.45, 7) is 4.12. The molecule has 0 aromatic heterocycles. The summed E-state index contributed by atoms with van der Waals surface area (Å²) in [5, 5.41) is 24.9. The lowest BCUT2D eigenvalue weighted by Gasteiger charge is -2.28. The number of amides is 2. The lowest BCUT2D eigenvalue weighted by Crippen LogP contribution is -2.36. The molecule has 9 nitrogen and oxygen atoms in total. The predicted octanol–water partition coefficient (Wildman–Crippen LogP) is 6.65. The van der Waals surface area contributed by atoms with Gasteiger partial charge in [0.2, 0.25) is 11.8 Å². The molecule has 5 unspecified atom stereocenters. The third-order valence-corrected chi connectivity index (χ3v) is 8.62. The number of hydrogen-bond acceptors (Lipinski definition) is 5. The molecule has 2 aromatic carbocycles. The van der Waals surface area contributed by atoms with Gasteiger partial charge in [0.25, 0.3) is 0 Å². The van der Waals surface area contributed by atoms with Gasteiger partial charge < -0.3 is 25.6 Å². The number of aliphatic carboxylic acids is 2. The van der Waals surface area contributed by atoms with E-state index in [2.05, 4.69) is 24.5 Å². The minimum absolute atomic E-state index is 0.127. The van der Waals surface area contributed by atoms with E-state index in [1.807, 2.05) is 6.07 Å². The molecule has 4 rings (SSSR count). The minimum atomic E-state index is -0.922. The number of anilines is 2. The van der Waals surface area contributed by atoms with E-state index >= 15 is 0 Å². The normalized spacial score (nSPS) is 23.2. The first kappa shape index (κ1) is 30.1. The van der Waals surface area contributed by atoms with Gasteiger partial charge in [-0.1, -0.05) is 39.5 Å². The fraction of sp³-hybridized carbons (Fsp3) is 0.500. The van der Waals surface area contributed by atoms with Crippen molar-refractivity contribution in [2.24, 2.45) is 23.7 Å². The highest BCUT2D eigenvalue weighted by Crippen LogP contribution is 2.36. The van der Waals surface area contributed by atoms with Crippen LogP contribution in [0.4, 0.5) is 11.4 Å². The Kier molecular flexibility index (Phi) is 10.0. The maximum atomic E-state index is 13.1. The molecule has 9 heteroatoms. The van der Waals surface area contributed by atoms with Crippen LogP contribution in [0.15, 0.2) is 42.5 Å². The van der Waals surface area contributed by atoms with E-state index in [0.29, 0.717) is 48.6 Å². The van der Waals surface area contributed by atoms with Crippen molar-refractivity contribution < 1.29 is 34.1 Å². The van der Waals surface area contributed by atoms with Gasteiger partial charge in [-0.05, 0) is 86.1 Å². The van der Waals surface area contributed by atoms with Crippen molar-refractivity contribution in [1.29, 1.82) is 0 Å². The summed E-state index contributed by atoms with van der Waals surface area (Å²) < 4.78 is 6.08. The zero-order chi connectivity index (χ0) is 29.5. The average Bonchev–Trinajstić information content (AvgIpc) is 2.98. The number of carbonyl (C=O) groups is 4. The SMILES string of the molecule is CCC(C)c1cc(Oc2ccc(NC(=O)C3CCCCC3C(=O)O)cc2)ccc1NC(=O)C1CCCCC1C(=O)O. The highest BCUT2D eigenvalue weighted by molar-refractivity contribution is 5.96. The van der Waals surface area contributed by atoms with E-state index in [4.69, 9.17) is 4.74 Å². The number of carboxylic acid groups (broad SMARTS) is 2. The second kappa shape index (κ2) is 13.7. The number of ether oxygens (including phenoxy) is 1. The molecular weight excluding hydrogens is 524 g/mol. The first-order chi connectivity index (χ1) is 19.7. The lowest BCUT2D eigenvalue weighted by atomic mass is 9.78. The molecule has 2 saturated carbocycles. The van der Waals surface area contributed by atoms with Crippen molar-refractivity contribution >= 4 is 35.1 Å². The van der Waals surface area contributed by atoms with Crippen LogP contribution in [0.5, 0.6) is 11.5 Å². The maximum absolute atomic E-state index is 13.1. The van der Waals surface area contributed by atoms with E-state index < -0.39 is 35.6 Å². The molecule has 0 aliphatic heterocycles. The Morgan fingerprint density at radius 1 is 0.756 bits per heavy atom. The van der Waals surface area contributed by atoms with Gasteiger partial charge in [-0.25, -0.2) is 0 Å². The van der Waals surface area contributed by atoms with Gasteiger partial charge in [0, 0.05) is 11.4 Å². The van der Waals surface area contributed by atoms with Gasteiger partial charge in [0.1, 0.15) is 11.5 Å². The fourth-order valence-electron chi connectivity index (χ4n) is 6.03. The van der Waals surface area contributed by atoms with E-state index in [-0.39, 0.29) is 17.7 Å². The summed E-state index contributed by atoms with van der Waals surface area (Å²) >= 11 is 0. The number of hydrogen-bond donors (Lipinski definition) is 4. The van der Waals surface area contributed by atoms with Crippen molar-refractivity contribution in [3.8, 4) is 11.5 Å². The van der Waals surface area contributed by atoms with Crippen molar-refractivity contribution in [3.63, 3.8) is 0 Å². The fourth-order valence-corrected chi connectivity index (χ4v) is 6.03. The summed E-state index contributed by atoms with van der Waals surface area (Å²) in [7, 11) is 0. The number of carboxylic acids is 2. The highest BCUT2D eigenvalue weighted by Gasteiger charge is 2.37. The first-order valence-corrected chi connectivity index (χ1v) is 14.7. The Labute approximate surface area is 240 Å². The molecule has 4 N–H and O–H groups in total. The Balaban J connectivity index is 1.43. The molecule has 2 aromatic rings. The molecule has 2 fully saturated rings. The number of nitrogens with one attached hydrogen (secondary N) is 2. The van der Waals surface area contributed by atoms with Crippen LogP contribution in [0, 0.1) is 23.7 Å². The summed E-state index contributed by atoms with van der Waals surface area (Å²) in [5.41, 5.74) is 2.13. The van der Waals surface area contributed by atoms with Gasteiger partial charge in [0.05, 0.1) is 23.7 Å². The number of rotatable bonds is 10. The van der Waals surface area contributed by atoms with Crippen LogP contribution in [-0.4, -0.2) is 34.0 Å². The van der Waals surface area contributed by atoms with Crippen molar-refractivity contribution in [3.05, 3.63) is 48.0 Å². The van der Waals surface area contributed by atoms with E-state index in [9.17, 15) is 29.4 Å². The topological polar surface area (TPSA) is 142 Å². The van der Waals surface area contributed by atoms with E-state index in [1.165, 1.54) is 0 Å². The second-order valence-electron chi connectivity index (χ2n) is 11.3. The van der Waals surface area contributed by atoms with Gasteiger partial charge in [0.15, 0.2) is 0 Å². The lowest BCUT2D eigenvalue weighted by molar-refractivity contribution is -0.148. The average molecular weight is 565 g/mol. The van der Waals surface area contributed by atoms with Crippen LogP contribution in [0.25, 0.3) is 0 Å². The van der Waals surface area contributed by atoms with E-state index in [0.717, 1.165) is 37.7 Å². The molecule has 2 amide bonds. The molecule has 220 valence electrons. The van der Waals surface area contributed by atoms with Crippen LogP contribution < -0.4 is 15.4 Å². The largest absolute Gasteiger partial charge is 0.481 e. The molecule has 0 radical (unpaired) electrons. The first-order valence-electron chi connectivity index (χ1n) is 14.7. The molecule has 0 heterocycles. The summed E-state index contributed by atoms with van der Waals surface area (Å²) in [4.78, 5) is 49.2. The Hall–Kier alpha value is -3.88. The van der Waals surface area contributed by atoms with Crippen molar-refractivity contribution in [2.45, 2.75) is 77.6 Å². The standard InChI is InChI=1S/C32H40N2O7/c1-3-19(2)27-18-22(16-17-28(27)34-30(36)24-9-5-7-11-26(24)32(39)40)41-21-14-12-20(13-15-21)33-29(35)23-8-4-6-10-25(23)31(37)38/h12-19,23-26H,3-11H2,1-2H3,(H,33,35)(H,34,36)(H,37,38)(H,39,40). The molecule has 41 heavy (non-hydrogen) atoms. The van der Waals surface area contributed by atoms with E-state index in [1.54, 1.807) is 36.4 Å². The molecule has 5 atom stereocenters. The quantitative estimate of drug-likeness (QED) is 0.253. The molecule has 2 aliphatic rings. The predicted molar refractivity (Wildman–Crippen MR) is 155 cm³/mol. The zero-order valence-electron chi connectivity index (χ0n) is 23.7. The number of carbonyl (C=O) groups excluding carboxylic acids is 2. The van der Waals surface area contributed by atoms with Crippen LogP contribution in [-0.2, 0) is 19.2 Å². The molecule has 0 spiro atoms. The zero-order valence-corrected chi connectivity index (χ0v) is 23.7. The Morgan fingerprint density at radius 2 is 1.24 bits per heavy atom. The van der Waals surface area contributed by atoms with Crippen molar-refractivity contribution in [1.82, 2.24) is 0 Å². The molecular formula is C32H40N2O7. The second-order valence-corrected chi connectivity index (χ2v) is 11.3. The molecule has 2 aliphatic carbocycles. The maximum Gasteiger partial charge on any atom is 0.307 e. The Bertz CT molecular complexity index is 1260. The van der Waals surface area contributed by atoms with Gasteiger partial charge >= 0.3 is 11.9 Å². The van der Waals surface area contributed by atoms with Crippen molar-refractivity contribution in [2.75, 3.05) is 10.6 Å². The Morgan fingerprint density at radius 3 is 1.76 bits per heavy atom. The number of benzene rings is 2.